The first-order valence-electron chi connectivity index (χ1n) is 6.87. The summed E-state index contributed by atoms with van der Waals surface area (Å²) in [5, 5.41) is 0.297. The average Bonchev–Trinajstić information content (AvgIpc) is 2.55. The van der Waals surface area contributed by atoms with Crippen molar-refractivity contribution >= 4 is 17.5 Å². The molecule has 0 saturated heterocycles. The Hall–Kier alpha value is -2.27. The van der Waals surface area contributed by atoms with Gasteiger partial charge in [0.1, 0.15) is 5.82 Å². The largest absolute Gasteiger partial charge is 0.493 e. The molecule has 0 radical (unpaired) electrons. The first-order chi connectivity index (χ1) is 11.0. The number of methoxy groups -OCH3 is 2. The van der Waals surface area contributed by atoms with Crippen LogP contribution in [0.4, 0.5) is 4.39 Å². The summed E-state index contributed by atoms with van der Waals surface area (Å²) in [4.78, 5) is 14.1. The van der Waals surface area contributed by atoms with Gasteiger partial charge >= 0.3 is 0 Å². The van der Waals surface area contributed by atoms with Crippen LogP contribution in [0.1, 0.15) is 15.9 Å². The molecule has 0 aliphatic heterocycles. The number of rotatable bonds is 5. The van der Waals surface area contributed by atoms with Crippen molar-refractivity contribution in [2.45, 2.75) is 6.54 Å². The quantitative estimate of drug-likeness (QED) is 0.833. The van der Waals surface area contributed by atoms with Crippen molar-refractivity contribution in [1.82, 2.24) is 4.90 Å². The molecule has 2 aromatic carbocycles. The van der Waals surface area contributed by atoms with E-state index in [2.05, 4.69) is 0 Å². The number of carbonyl (C=O) groups excluding carboxylic acids is 1. The molecule has 0 saturated carbocycles. The number of amides is 1. The summed E-state index contributed by atoms with van der Waals surface area (Å²) in [6.45, 7) is 0.352. The van der Waals surface area contributed by atoms with Crippen LogP contribution in [0.2, 0.25) is 5.02 Å². The fourth-order valence-electron chi connectivity index (χ4n) is 2.20. The van der Waals surface area contributed by atoms with E-state index in [1.807, 2.05) is 0 Å². The lowest BCUT2D eigenvalue weighted by atomic mass is 10.1. The fraction of sp³-hybridized carbons (Fsp3) is 0.235. The maximum Gasteiger partial charge on any atom is 0.254 e. The van der Waals surface area contributed by atoms with Gasteiger partial charge < -0.3 is 14.4 Å². The third-order valence-electron chi connectivity index (χ3n) is 3.36. The molecule has 2 rings (SSSR count). The summed E-state index contributed by atoms with van der Waals surface area (Å²) >= 11 is 6.12. The highest BCUT2D eigenvalue weighted by Crippen LogP contribution is 2.36. The number of benzene rings is 2. The Morgan fingerprint density at radius 2 is 1.83 bits per heavy atom. The lowest BCUT2D eigenvalue weighted by Crippen LogP contribution is -2.26. The van der Waals surface area contributed by atoms with Gasteiger partial charge in [0.25, 0.3) is 5.91 Å². The zero-order valence-electron chi connectivity index (χ0n) is 13.1. The minimum absolute atomic E-state index is 0.225. The number of nitrogens with zero attached hydrogens (tertiary/aromatic N) is 1. The number of hydrogen-bond acceptors (Lipinski definition) is 3. The average molecular weight is 338 g/mol. The molecule has 0 unspecified atom stereocenters. The maximum absolute atomic E-state index is 12.9. The van der Waals surface area contributed by atoms with E-state index >= 15 is 0 Å². The minimum Gasteiger partial charge on any atom is -0.493 e. The van der Waals surface area contributed by atoms with Crippen molar-refractivity contribution in [3.05, 3.63) is 58.4 Å². The van der Waals surface area contributed by atoms with Gasteiger partial charge in [-0.3, -0.25) is 4.79 Å². The predicted octanol–water partition coefficient (Wildman–Crippen LogP) is 3.77. The van der Waals surface area contributed by atoms with E-state index in [1.165, 1.54) is 37.3 Å². The second-order valence-electron chi connectivity index (χ2n) is 4.98. The normalized spacial score (nSPS) is 10.3. The van der Waals surface area contributed by atoms with E-state index in [0.29, 0.717) is 28.6 Å². The van der Waals surface area contributed by atoms with Crippen LogP contribution in [0.5, 0.6) is 11.5 Å². The number of hydrogen-bond donors (Lipinski definition) is 0. The summed E-state index contributed by atoms with van der Waals surface area (Å²) in [7, 11) is 4.62. The van der Waals surface area contributed by atoms with Crippen LogP contribution in [0, 0.1) is 5.82 Å². The van der Waals surface area contributed by atoms with Gasteiger partial charge in [-0.15, -0.1) is 0 Å². The van der Waals surface area contributed by atoms with Crippen molar-refractivity contribution in [3.63, 3.8) is 0 Å². The number of halogens is 2. The van der Waals surface area contributed by atoms with Crippen molar-refractivity contribution in [1.29, 1.82) is 0 Å². The van der Waals surface area contributed by atoms with Crippen LogP contribution < -0.4 is 9.47 Å². The zero-order valence-corrected chi connectivity index (χ0v) is 13.9. The number of ether oxygens (including phenoxy) is 2. The Morgan fingerprint density at radius 3 is 2.39 bits per heavy atom. The minimum atomic E-state index is -0.311. The van der Waals surface area contributed by atoms with Crippen LogP contribution in [-0.2, 0) is 6.54 Å². The highest BCUT2D eigenvalue weighted by atomic mass is 35.5. The monoisotopic (exact) mass is 337 g/mol. The van der Waals surface area contributed by atoms with E-state index < -0.39 is 0 Å². The molecule has 4 nitrogen and oxygen atoms in total. The molecule has 1 amide bonds. The standard InChI is InChI=1S/C17H17ClFNO3/c1-20(10-11-4-6-13(19)7-5-11)17(21)12-8-14(18)16(23-3)15(9-12)22-2/h4-9H,10H2,1-3H3. The third kappa shape index (κ3) is 3.93. The Kier molecular flexibility index (Phi) is 5.45. The molecule has 0 N–H and O–H groups in total. The Balaban J connectivity index is 2.22. The molecule has 122 valence electrons. The van der Waals surface area contributed by atoms with E-state index in [-0.39, 0.29) is 11.7 Å². The molecular formula is C17H17ClFNO3. The van der Waals surface area contributed by atoms with E-state index in [0.717, 1.165) is 5.56 Å². The molecule has 0 bridgehead atoms. The van der Waals surface area contributed by atoms with Crippen molar-refractivity contribution in [2.24, 2.45) is 0 Å². The summed E-state index contributed by atoms with van der Waals surface area (Å²) in [5.74, 6) is 0.233. The molecule has 0 heterocycles. The Labute approximate surface area is 139 Å². The van der Waals surface area contributed by atoms with Crippen molar-refractivity contribution in [2.75, 3.05) is 21.3 Å². The molecule has 0 fully saturated rings. The van der Waals surface area contributed by atoms with Gasteiger partial charge in [0, 0.05) is 19.2 Å². The molecule has 0 aliphatic rings. The zero-order chi connectivity index (χ0) is 17.0. The Morgan fingerprint density at radius 1 is 1.17 bits per heavy atom. The van der Waals surface area contributed by atoms with Gasteiger partial charge in [0.2, 0.25) is 0 Å². The van der Waals surface area contributed by atoms with Crippen molar-refractivity contribution in [3.8, 4) is 11.5 Å². The first-order valence-corrected chi connectivity index (χ1v) is 7.25. The van der Waals surface area contributed by atoms with Gasteiger partial charge in [0.05, 0.1) is 19.2 Å². The highest BCUT2D eigenvalue weighted by molar-refractivity contribution is 6.32. The molecule has 0 spiro atoms. The molecule has 0 aliphatic carbocycles. The van der Waals surface area contributed by atoms with Gasteiger partial charge in [-0.25, -0.2) is 4.39 Å². The van der Waals surface area contributed by atoms with Gasteiger partial charge in [-0.2, -0.15) is 0 Å². The maximum atomic E-state index is 12.9. The summed E-state index contributed by atoms with van der Waals surface area (Å²) in [6, 6.07) is 9.11. The van der Waals surface area contributed by atoms with Gasteiger partial charge in [-0.05, 0) is 29.8 Å². The van der Waals surface area contributed by atoms with Gasteiger partial charge in [-0.1, -0.05) is 23.7 Å². The van der Waals surface area contributed by atoms with Crippen LogP contribution in [0.15, 0.2) is 36.4 Å². The number of carbonyl (C=O) groups is 1. The van der Waals surface area contributed by atoms with Crippen LogP contribution >= 0.6 is 11.6 Å². The fourth-order valence-corrected chi connectivity index (χ4v) is 2.49. The molecule has 2 aromatic rings. The summed E-state index contributed by atoms with van der Waals surface area (Å²) in [5.41, 5.74) is 1.21. The summed E-state index contributed by atoms with van der Waals surface area (Å²) in [6.07, 6.45) is 0. The van der Waals surface area contributed by atoms with Crippen molar-refractivity contribution < 1.29 is 18.7 Å². The molecule has 23 heavy (non-hydrogen) atoms. The summed E-state index contributed by atoms with van der Waals surface area (Å²) < 4.78 is 23.3. The lowest BCUT2D eigenvalue weighted by molar-refractivity contribution is 0.0784. The topological polar surface area (TPSA) is 38.8 Å². The second-order valence-corrected chi connectivity index (χ2v) is 5.39. The second kappa shape index (κ2) is 7.33. The molecule has 6 heteroatoms. The van der Waals surface area contributed by atoms with E-state index in [4.69, 9.17) is 21.1 Å². The molecular weight excluding hydrogens is 321 g/mol. The highest BCUT2D eigenvalue weighted by Gasteiger charge is 2.18. The molecule has 0 aromatic heterocycles. The van der Waals surface area contributed by atoms with Crippen LogP contribution in [0.25, 0.3) is 0 Å². The van der Waals surface area contributed by atoms with Crippen LogP contribution in [0.3, 0.4) is 0 Å². The SMILES string of the molecule is COc1cc(C(=O)N(C)Cc2ccc(F)cc2)cc(Cl)c1OC. The van der Waals surface area contributed by atoms with Gasteiger partial charge in [0.15, 0.2) is 11.5 Å². The van der Waals surface area contributed by atoms with Crippen LogP contribution in [-0.4, -0.2) is 32.1 Å². The first kappa shape index (κ1) is 17.1. The molecule has 0 atom stereocenters. The van der Waals surface area contributed by atoms with E-state index in [1.54, 1.807) is 25.2 Å². The van der Waals surface area contributed by atoms with E-state index in [9.17, 15) is 9.18 Å². The third-order valence-corrected chi connectivity index (χ3v) is 3.64. The lowest BCUT2D eigenvalue weighted by Gasteiger charge is -2.19. The predicted molar refractivity (Wildman–Crippen MR) is 86.8 cm³/mol. The Bertz CT molecular complexity index is 704. The smallest absolute Gasteiger partial charge is 0.254 e.